The maximum absolute atomic E-state index is 13.2. The molecule has 0 saturated carbocycles. The topological polar surface area (TPSA) is 82.5 Å². The zero-order chi connectivity index (χ0) is 23.5. The maximum Gasteiger partial charge on any atom is 0.279 e. The van der Waals surface area contributed by atoms with E-state index in [1.54, 1.807) is 11.7 Å². The summed E-state index contributed by atoms with van der Waals surface area (Å²) in [4.78, 5) is 30.1. The number of thioether (sulfide) groups is 1. The monoisotopic (exact) mass is 465 g/mol. The minimum atomic E-state index is -0.421. The Labute approximate surface area is 197 Å². The first kappa shape index (κ1) is 22.9. The second-order valence-corrected chi connectivity index (χ2v) is 9.12. The highest BCUT2D eigenvalue weighted by Gasteiger charge is 2.32. The van der Waals surface area contributed by atoms with Crippen LogP contribution < -0.4 is 20.3 Å². The van der Waals surface area contributed by atoms with Crippen LogP contribution in [-0.2, 0) is 17.6 Å². The van der Waals surface area contributed by atoms with Gasteiger partial charge in [-0.25, -0.2) is 0 Å². The Morgan fingerprint density at radius 3 is 2.61 bits per heavy atom. The van der Waals surface area contributed by atoms with Crippen molar-refractivity contribution >= 4 is 23.5 Å². The number of ether oxygens (including phenoxy) is 2. The summed E-state index contributed by atoms with van der Waals surface area (Å²) >= 11 is 1.46. The van der Waals surface area contributed by atoms with Gasteiger partial charge in [0.15, 0.2) is 16.7 Å². The van der Waals surface area contributed by atoms with Crippen LogP contribution in [0.2, 0.25) is 0 Å². The summed E-state index contributed by atoms with van der Waals surface area (Å²) in [6.07, 6.45) is 0.155. The van der Waals surface area contributed by atoms with Crippen LogP contribution in [0.1, 0.15) is 42.9 Å². The number of nitrogens with zero attached hydrogens (tertiary/aromatic N) is 2. The van der Waals surface area contributed by atoms with Crippen molar-refractivity contribution in [1.82, 2.24) is 9.55 Å². The van der Waals surface area contributed by atoms with Crippen LogP contribution in [0.15, 0.2) is 58.5 Å². The Morgan fingerprint density at radius 1 is 1.15 bits per heavy atom. The molecule has 3 aromatic rings. The van der Waals surface area contributed by atoms with E-state index in [0.717, 1.165) is 11.1 Å². The average molecular weight is 466 g/mol. The SMILES string of the molecule is COc1cc(C2CC(=O)Nc3c2c(=O)nc(SCc2ccccc2)n3C)ccc1OC(C)C. The molecule has 1 unspecified atom stereocenters. The zero-order valence-electron chi connectivity index (χ0n) is 19.1. The number of amides is 1. The summed E-state index contributed by atoms with van der Waals surface area (Å²) in [6, 6.07) is 15.5. The normalized spacial score (nSPS) is 15.2. The van der Waals surface area contributed by atoms with Gasteiger partial charge in [0.1, 0.15) is 5.82 Å². The molecule has 4 rings (SSSR count). The first-order valence-corrected chi connectivity index (χ1v) is 11.8. The number of methoxy groups -OCH3 is 1. The van der Waals surface area contributed by atoms with Gasteiger partial charge in [-0.3, -0.25) is 9.59 Å². The first-order chi connectivity index (χ1) is 15.9. The van der Waals surface area contributed by atoms with E-state index in [-0.39, 0.29) is 24.0 Å². The van der Waals surface area contributed by atoms with Crippen molar-refractivity contribution in [3.8, 4) is 11.5 Å². The minimum absolute atomic E-state index is 0.00534. The number of nitrogens with one attached hydrogen (secondary N) is 1. The number of hydrogen-bond acceptors (Lipinski definition) is 6. The van der Waals surface area contributed by atoms with E-state index in [1.807, 2.05) is 69.4 Å². The van der Waals surface area contributed by atoms with Crippen molar-refractivity contribution in [2.24, 2.45) is 7.05 Å². The van der Waals surface area contributed by atoms with Crippen molar-refractivity contribution in [3.63, 3.8) is 0 Å². The van der Waals surface area contributed by atoms with Crippen molar-refractivity contribution in [1.29, 1.82) is 0 Å². The number of benzene rings is 2. The highest BCUT2D eigenvalue weighted by molar-refractivity contribution is 7.98. The van der Waals surface area contributed by atoms with Crippen LogP contribution in [0.4, 0.5) is 5.82 Å². The largest absolute Gasteiger partial charge is 0.493 e. The van der Waals surface area contributed by atoms with Crippen LogP contribution in [0.5, 0.6) is 11.5 Å². The summed E-state index contributed by atoms with van der Waals surface area (Å²) < 4.78 is 13.1. The molecule has 8 heteroatoms. The lowest BCUT2D eigenvalue weighted by molar-refractivity contribution is -0.116. The molecule has 1 aliphatic rings. The summed E-state index contributed by atoms with van der Waals surface area (Å²) in [5.41, 5.74) is 2.10. The van der Waals surface area contributed by atoms with Crippen molar-refractivity contribution < 1.29 is 14.3 Å². The maximum atomic E-state index is 13.2. The van der Waals surface area contributed by atoms with E-state index in [1.165, 1.54) is 11.8 Å². The van der Waals surface area contributed by atoms with Crippen LogP contribution in [-0.4, -0.2) is 28.7 Å². The first-order valence-electron chi connectivity index (χ1n) is 10.8. The number of fused-ring (bicyclic) bond motifs is 1. The quantitative estimate of drug-likeness (QED) is 0.413. The number of anilines is 1. The lowest BCUT2D eigenvalue weighted by Gasteiger charge is -2.28. The number of carbonyl (C=O) groups excluding carboxylic acids is 1. The number of carbonyl (C=O) groups is 1. The molecule has 0 bridgehead atoms. The van der Waals surface area contributed by atoms with Gasteiger partial charge in [-0.1, -0.05) is 48.2 Å². The molecule has 1 N–H and O–H groups in total. The summed E-state index contributed by atoms with van der Waals surface area (Å²) in [6.45, 7) is 3.88. The van der Waals surface area contributed by atoms with E-state index in [0.29, 0.717) is 33.8 Å². The molecule has 0 fully saturated rings. The van der Waals surface area contributed by atoms with E-state index >= 15 is 0 Å². The Bertz CT molecular complexity index is 1220. The van der Waals surface area contributed by atoms with Crippen LogP contribution in [0.25, 0.3) is 0 Å². The molecule has 1 aliphatic heterocycles. The Kier molecular flexibility index (Phi) is 6.74. The molecule has 1 atom stereocenters. The lowest BCUT2D eigenvalue weighted by Crippen LogP contribution is -2.33. The van der Waals surface area contributed by atoms with Gasteiger partial charge in [0.2, 0.25) is 5.91 Å². The fourth-order valence-electron chi connectivity index (χ4n) is 3.92. The highest BCUT2D eigenvalue weighted by atomic mass is 32.2. The van der Waals surface area contributed by atoms with Crippen molar-refractivity contribution in [3.05, 3.63) is 75.6 Å². The lowest BCUT2D eigenvalue weighted by atomic mass is 9.86. The zero-order valence-corrected chi connectivity index (χ0v) is 19.9. The van der Waals surface area contributed by atoms with Crippen LogP contribution in [0, 0.1) is 0 Å². The molecule has 1 amide bonds. The summed E-state index contributed by atoms with van der Waals surface area (Å²) in [7, 11) is 3.39. The van der Waals surface area contributed by atoms with E-state index < -0.39 is 5.92 Å². The van der Waals surface area contributed by atoms with Gasteiger partial charge < -0.3 is 19.4 Å². The van der Waals surface area contributed by atoms with Gasteiger partial charge in [0, 0.05) is 25.1 Å². The predicted octanol–water partition coefficient (Wildman–Crippen LogP) is 4.34. The third-order valence-corrected chi connectivity index (χ3v) is 6.57. The Hall–Kier alpha value is -3.26. The fraction of sp³-hybridized carbons (Fsp3) is 0.320. The summed E-state index contributed by atoms with van der Waals surface area (Å²) in [5, 5.41) is 3.45. The van der Waals surface area contributed by atoms with Gasteiger partial charge in [0.25, 0.3) is 5.56 Å². The van der Waals surface area contributed by atoms with Gasteiger partial charge in [-0.15, -0.1) is 0 Å². The Morgan fingerprint density at radius 2 is 1.91 bits per heavy atom. The van der Waals surface area contributed by atoms with Gasteiger partial charge >= 0.3 is 0 Å². The van der Waals surface area contributed by atoms with Gasteiger partial charge in [-0.2, -0.15) is 4.98 Å². The van der Waals surface area contributed by atoms with Gasteiger partial charge in [0.05, 0.1) is 18.8 Å². The number of rotatable bonds is 7. The fourth-order valence-corrected chi connectivity index (χ4v) is 4.84. The van der Waals surface area contributed by atoms with E-state index in [4.69, 9.17) is 9.47 Å². The predicted molar refractivity (Wildman–Crippen MR) is 129 cm³/mol. The summed E-state index contributed by atoms with van der Waals surface area (Å²) in [5.74, 6) is 1.78. The molecule has 2 heterocycles. The van der Waals surface area contributed by atoms with Crippen molar-refractivity contribution in [2.45, 2.75) is 43.2 Å². The second-order valence-electron chi connectivity index (χ2n) is 8.18. The highest BCUT2D eigenvalue weighted by Crippen LogP contribution is 2.39. The van der Waals surface area contributed by atoms with Crippen LogP contribution in [0.3, 0.4) is 0 Å². The molecule has 1 aromatic heterocycles. The average Bonchev–Trinajstić information content (AvgIpc) is 2.80. The molecule has 0 saturated heterocycles. The molecule has 0 aliphatic carbocycles. The van der Waals surface area contributed by atoms with Crippen LogP contribution >= 0.6 is 11.8 Å². The standard InChI is InChI=1S/C25H27N3O4S/c1-15(2)32-19-11-10-17(12-20(19)31-4)18-13-21(29)26-23-22(18)24(30)27-25(28(23)3)33-14-16-8-6-5-7-9-16/h5-12,15,18H,13-14H2,1-4H3,(H,26,29). The third kappa shape index (κ3) is 4.90. The third-order valence-electron chi connectivity index (χ3n) is 5.46. The molecule has 33 heavy (non-hydrogen) atoms. The molecule has 0 spiro atoms. The number of aromatic nitrogens is 2. The minimum Gasteiger partial charge on any atom is -0.493 e. The second kappa shape index (κ2) is 9.70. The smallest absolute Gasteiger partial charge is 0.279 e. The Balaban J connectivity index is 1.71. The molecule has 0 radical (unpaired) electrons. The molecule has 2 aromatic carbocycles. The molecule has 7 nitrogen and oxygen atoms in total. The van der Waals surface area contributed by atoms with Crippen molar-refractivity contribution in [2.75, 3.05) is 12.4 Å². The van der Waals surface area contributed by atoms with E-state index in [9.17, 15) is 9.59 Å². The molecular weight excluding hydrogens is 438 g/mol. The molecule has 172 valence electrons. The van der Waals surface area contributed by atoms with E-state index in [2.05, 4.69) is 10.3 Å². The number of hydrogen-bond donors (Lipinski definition) is 1. The van der Waals surface area contributed by atoms with Gasteiger partial charge in [-0.05, 0) is 37.1 Å². The molecular formula is C25H27N3O4S.